The molecule has 0 radical (unpaired) electrons. The molecule has 0 aliphatic carbocycles. The SMILES string of the molecule is O=C(NCCC(=O)N1CCC(C(=O)Nc2ccccc2)CC1)c1ccccc1Cl. The fourth-order valence-electron chi connectivity index (χ4n) is 3.34. The highest BCUT2D eigenvalue weighted by Gasteiger charge is 2.27. The number of rotatable bonds is 6. The van der Waals surface area contributed by atoms with Crippen LogP contribution in [0.15, 0.2) is 54.6 Å². The molecule has 1 saturated heterocycles. The third-order valence-electron chi connectivity index (χ3n) is 5.00. The first-order chi connectivity index (χ1) is 14.0. The van der Waals surface area contributed by atoms with Gasteiger partial charge in [0.25, 0.3) is 5.91 Å². The van der Waals surface area contributed by atoms with E-state index in [1.54, 1.807) is 29.2 Å². The number of nitrogens with one attached hydrogen (secondary N) is 2. The van der Waals surface area contributed by atoms with Crippen LogP contribution in [0.3, 0.4) is 0 Å². The summed E-state index contributed by atoms with van der Waals surface area (Å²) in [4.78, 5) is 38.7. The molecule has 0 aromatic heterocycles. The summed E-state index contributed by atoms with van der Waals surface area (Å²) >= 11 is 6.00. The molecule has 2 N–H and O–H groups in total. The van der Waals surface area contributed by atoms with E-state index in [9.17, 15) is 14.4 Å². The number of likely N-dealkylation sites (tertiary alicyclic amines) is 1. The number of carbonyl (C=O) groups is 3. The Bertz CT molecular complexity index is 865. The van der Waals surface area contributed by atoms with Crippen molar-refractivity contribution in [2.75, 3.05) is 25.0 Å². The van der Waals surface area contributed by atoms with Gasteiger partial charge in [-0.05, 0) is 37.1 Å². The van der Waals surface area contributed by atoms with Crippen LogP contribution in [0.1, 0.15) is 29.6 Å². The first-order valence-electron chi connectivity index (χ1n) is 9.71. The van der Waals surface area contributed by atoms with Crippen molar-refractivity contribution in [2.45, 2.75) is 19.3 Å². The number of amides is 3. The summed E-state index contributed by atoms with van der Waals surface area (Å²) in [5.41, 5.74) is 1.18. The normalized spacial score (nSPS) is 14.3. The van der Waals surface area contributed by atoms with Crippen LogP contribution >= 0.6 is 11.6 Å². The number of anilines is 1. The number of nitrogens with zero attached hydrogens (tertiary/aromatic N) is 1. The quantitative estimate of drug-likeness (QED) is 0.762. The lowest BCUT2D eigenvalue weighted by molar-refractivity contribution is -0.134. The summed E-state index contributed by atoms with van der Waals surface area (Å²) in [5, 5.41) is 6.03. The second-order valence-electron chi connectivity index (χ2n) is 7.00. The molecule has 1 aliphatic heterocycles. The zero-order chi connectivity index (χ0) is 20.6. The van der Waals surface area contributed by atoms with Gasteiger partial charge in [-0.3, -0.25) is 14.4 Å². The van der Waals surface area contributed by atoms with E-state index in [1.165, 1.54) is 0 Å². The molecule has 0 unspecified atom stereocenters. The van der Waals surface area contributed by atoms with Crippen LogP contribution in [0.5, 0.6) is 0 Å². The van der Waals surface area contributed by atoms with Crippen LogP contribution in [0.25, 0.3) is 0 Å². The predicted molar refractivity (Wildman–Crippen MR) is 113 cm³/mol. The maximum Gasteiger partial charge on any atom is 0.252 e. The van der Waals surface area contributed by atoms with Gasteiger partial charge in [0.15, 0.2) is 0 Å². The maximum atomic E-state index is 12.4. The van der Waals surface area contributed by atoms with E-state index < -0.39 is 0 Å². The van der Waals surface area contributed by atoms with E-state index >= 15 is 0 Å². The fourth-order valence-corrected chi connectivity index (χ4v) is 3.56. The number of carbonyl (C=O) groups excluding carboxylic acids is 3. The molecule has 6 nitrogen and oxygen atoms in total. The number of para-hydroxylation sites is 1. The number of hydrogen-bond acceptors (Lipinski definition) is 3. The Morgan fingerprint density at radius 2 is 1.62 bits per heavy atom. The molecule has 2 aromatic rings. The van der Waals surface area contributed by atoms with E-state index in [-0.39, 0.29) is 36.6 Å². The largest absolute Gasteiger partial charge is 0.351 e. The molecule has 152 valence electrons. The number of piperidine rings is 1. The Hall–Kier alpha value is -2.86. The molecule has 3 amide bonds. The summed E-state index contributed by atoms with van der Waals surface area (Å²) < 4.78 is 0. The Kier molecular flexibility index (Phi) is 7.25. The van der Waals surface area contributed by atoms with E-state index in [0.29, 0.717) is 36.5 Å². The molecule has 0 saturated carbocycles. The third kappa shape index (κ3) is 5.81. The molecule has 2 aromatic carbocycles. The van der Waals surface area contributed by atoms with Crippen LogP contribution in [0.2, 0.25) is 5.02 Å². The lowest BCUT2D eigenvalue weighted by Crippen LogP contribution is -2.42. The Morgan fingerprint density at radius 1 is 0.966 bits per heavy atom. The van der Waals surface area contributed by atoms with Gasteiger partial charge in [0.2, 0.25) is 11.8 Å². The van der Waals surface area contributed by atoms with Gasteiger partial charge in [0.05, 0.1) is 10.6 Å². The summed E-state index contributed by atoms with van der Waals surface area (Å²) in [7, 11) is 0. The molecule has 0 atom stereocenters. The average molecular weight is 414 g/mol. The van der Waals surface area contributed by atoms with Crippen LogP contribution < -0.4 is 10.6 Å². The molecular formula is C22H24ClN3O3. The Balaban J connectivity index is 1.39. The zero-order valence-electron chi connectivity index (χ0n) is 16.1. The molecule has 1 aliphatic rings. The summed E-state index contributed by atoms with van der Waals surface area (Å²) in [6, 6.07) is 16.2. The van der Waals surface area contributed by atoms with Gasteiger partial charge >= 0.3 is 0 Å². The van der Waals surface area contributed by atoms with Crippen molar-refractivity contribution in [2.24, 2.45) is 5.92 Å². The van der Waals surface area contributed by atoms with Crippen LogP contribution in [0.4, 0.5) is 5.69 Å². The average Bonchev–Trinajstić information content (AvgIpc) is 2.74. The third-order valence-corrected chi connectivity index (χ3v) is 5.33. The van der Waals surface area contributed by atoms with Gasteiger partial charge in [-0.25, -0.2) is 0 Å². The van der Waals surface area contributed by atoms with Crippen LogP contribution in [-0.2, 0) is 9.59 Å². The molecular weight excluding hydrogens is 390 g/mol. The highest BCUT2D eigenvalue weighted by molar-refractivity contribution is 6.33. The molecule has 1 fully saturated rings. The highest BCUT2D eigenvalue weighted by Crippen LogP contribution is 2.20. The van der Waals surface area contributed by atoms with Gasteiger partial charge in [-0.1, -0.05) is 41.9 Å². The van der Waals surface area contributed by atoms with Crippen molar-refractivity contribution in [1.82, 2.24) is 10.2 Å². The second kappa shape index (κ2) is 10.1. The topological polar surface area (TPSA) is 78.5 Å². The molecule has 29 heavy (non-hydrogen) atoms. The van der Waals surface area contributed by atoms with Crippen molar-refractivity contribution in [3.05, 3.63) is 65.2 Å². The Labute approximate surface area is 175 Å². The first-order valence-corrected chi connectivity index (χ1v) is 10.1. The van der Waals surface area contributed by atoms with Crippen molar-refractivity contribution < 1.29 is 14.4 Å². The lowest BCUT2D eigenvalue weighted by atomic mass is 9.95. The molecule has 3 rings (SSSR count). The van der Waals surface area contributed by atoms with E-state index in [2.05, 4.69) is 10.6 Å². The summed E-state index contributed by atoms with van der Waals surface area (Å²) in [6.07, 6.45) is 1.49. The number of hydrogen-bond donors (Lipinski definition) is 2. The minimum absolute atomic E-state index is 0.00435. The first kappa shape index (κ1) is 20.9. The van der Waals surface area contributed by atoms with Crippen LogP contribution in [-0.4, -0.2) is 42.3 Å². The smallest absolute Gasteiger partial charge is 0.252 e. The molecule has 1 heterocycles. The summed E-state index contributed by atoms with van der Waals surface area (Å²) in [5.74, 6) is -0.416. The van der Waals surface area contributed by atoms with Crippen molar-refractivity contribution in [1.29, 1.82) is 0 Å². The van der Waals surface area contributed by atoms with Gasteiger partial charge in [0.1, 0.15) is 0 Å². The second-order valence-corrected chi connectivity index (χ2v) is 7.40. The maximum absolute atomic E-state index is 12.4. The molecule has 7 heteroatoms. The Morgan fingerprint density at radius 3 is 2.31 bits per heavy atom. The highest BCUT2D eigenvalue weighted by atomic mass is 35.5. The predicted octanol–water partition coefficient (Wildman–Crippen LogP) is 3.34. The number of benzene rings is 2. The van der Waals surface area contributed by atoms with E-state index in [1.807, 2.05) is 30.3 Å². The molecule has 0 bridgehead atoms. The van der Waals surface area contributed by atoms with E-state index in [0.717, 1.165) is 5.69 Å². The van der Waals surface area contributed by atoms with Gasteiger partial charge in [-0.2, -0.15) is 0 Å². The van der Waals surface area contributed by atoms with Gasteiger partial charge < -0.3 is 15.5 Å². The lowest BCUT2D eigenvalue weighted by Gasteiger charge is -2.31. The number of halogens is 1. The fraction of sp³-hybridized carbons (Fsp3) is 0.318. The van der Waals surface area contributed by atoms with Crippen molar-refractivity contribution in [3.63, 3.8) is 0 Å². The molecule has 0 spiro atoms. The minimum atomic E-state index is -0.292. The van der Waals surface area contributed by atoms with Crippen molar-refractivity contribution >= 4 is 35.0 Å². The summed E-state index contributed by atoms with van der Waals surface area (Å²) in [6.45, 7) is 1.34. The van der Waals surface area contributed by atoms with Gasteiger partial charge in [0, 0.05) is 37.7 Å². The zero-order valence-corrected chi connectivity index (χ0v) is 16.8. The van der Waals surface area contributed by atoms with Gasteiger partial charge in [-0.15, -0.1) is 0 Å². The van der Waals surface area contributed by atoms with Crippen molar-refractivity contribution in [3.8, 4) is 0 Å². The van der Waals surface area contributed by atoms with Crippen LogP contribution in [0, 0.1) is 5.92 Å². The monoisotopic (exact) mass is 413 g/mol. The standard InChI is InChI=1S/C22H24ClN3O3/c23-19-9-5-4-8-18(19)22(29)24-13-10-20(27)26-14-11-16(12-15-26)21(28)25-17-6-2-1-3-7-17/h1-9,16H,10-15H2,(H,24,29)(H,25,28). The van der Waals surface area contributed by atoms with E-state index in [4.69, 9.17) is 11.6 Å². The minimum Gasteiger partial charge on any atom is -0.351 e.